The van der Waals surface area contributed by atoms with Crippen LogP contribution in [0, 0.1) is 0 Å². The molecule has 0 aliphatic carbocycles. The van der Waals surface area contributed by atoms with Gasteiger partial charge in [0.2, 0.25) is 10.0 Å². The summed E-state index contributed by atoms with van der Waals surface area (Å²) in [6, 6.07) is 6.36. The number of anilines is 1. The Hall–Kier alpha value is -1.11. The highest BCUT2D eigenvalue weighted by molar-refractivity contribution is 7.92. The molecular formula is C9H13NO4S. The summed E-state index contributed by atoms with van der Waals surface area (Å²) >= 11 is 0. The molecular weight excluding hydrogens is 218 g/mol. The molecule has 5 nitrogen and oxygen atoms in total. The van der Waals surface area contributed by atoms with Gasteiger partial charge in [-0.15, -0.1) is 0 Å². The van der Waals surface area contributed by atoms with Crippen molar-refractivity contribution in [1.29, 1.82) is 0 Å². The van der Waals surface area contributed by atoms with Gasteiger partial charge in [-0.1, -0.05) is 12.1 Å². The first kappa shape index (κ1) is 12.0. The fourth-order valence-electron chi connectivity index (χ4n) is 1.03. The Balaban J connectivity index is 2.73. The average Bonchev–Trinajstić information content (AvgIpc) is 2.18. The van der Waals surface area contributed by atoms with Crippen LogP contribution in [0.1, 0.15) is 5.56 Å². The topological polar surface area (TPSA) is 86.6 Å². The maximum absolute atomic E-state index is 11.2. The first-order chi connectivity index (χ1) is 7.07. The molecule has 0 aliphatic heterocycles. The molecule has 3 N–H and O–H groups in total. The fourth-order valence-corrected chi connectivity index (χ4v) is 1.87. The molecule has 0 fully saturated rings. The van der Waals surface area contributed by atoms with Crippen molar-refractivity contribution in [2.24, 2.45) is 0 Å². The minimum atomic E-state index is -3.47. The van der Waals surface area contributed by atoms with E-state index in [1.165, 1.54) is 0 Å². The van der Waals surface area contributed by atoms with Gasteiger partial charge >= 0.3 is 0 Å². The standard InChI is InChI=1S/C9H13NO4S/c11-5-6-15(13,14)10-9-3-1-8(7-12)2-4-9/h1-4,10-12H,5-7H2. The summed E-state index contributed by atoms with van der Waals surface area (Å²) in [4.78, 5) is 0. The molecule has 6 heteroatoms. The second-order valence-electron chi connectivity index (χ2n) is 3.00. The molecule has 0 aliphatic rings. The van der Waals surface area contributed by atoms with E-state index in [9.17, 15) is 8.42 Å². The number of aliphatic hydroxyl groups is 2. The van der Waals surface area contributed by atoms with Crippen molar-refractivity contribution in [1.82, 2.24) is 0 Å². The Bertz CT molecular complexity index is 399. The third-order valence-corrected chi connectivity index (χ3v) is 3.04. The second kappa shape index (κ2) is 5.11. The molecule has 0 saturated heterocycles. The van der Waals surface area contributed by atoms with Gasteiger partial charge in [-0.2, -0.15) is 0 Å². The Kier molecular flexibility index (Phi) is 4.07. The summed E-state index contributed by atoms with van der Waals surface area (Å²) in [6.45, 7) is -0.492. The SMILES string of the molecule is O=S(=O)(CCO)Nc1ccc(CO)cc1. The summed E-state index contributed by atoms with van der Waals surface area (Å²) in [7, 11) is -3.47. The van der Waals surface area contributed by atoms with E-state index in [0.29, 0.717) is 11.3 Å². The molecule has 0 spiro atoms. The van der Waals surface area contributed by atoms with Gasteiger partial charge < -0.3 is 10.2 Å². The third kappa shape index (κ3) is 3.86. The lowest BCUT2D eigenvalue weighted by Gasteiger charge is -2.06. The van der Waals surface area contributed by atoms with Crippen LogP contribution in [0.2, 0.25) is 0 Å². The van der Waals surface area contributed by atoms with Gasteiger partial charge in [-0.25, -0.2) is 8.42 Å². The molecule has 0 radical (unpaired) electrons. The number of benzene rings is 1. The summed E-state index contributed by atoms with van der Waals surface area (Å²) in [5, 5.41) is 17.3. The van der Waals surface area contributed by atoms with Crippen molar-refractivity contribution in [2.45, 2.75) is 6.61 Å². The van der Waals surface area contributed by atoms with Gasteiger partial charge in [0.1, 0.15) is 0 Å². The number of aliphatic hydroxyl groups excluding tert-OH is 2. The molecule has 0 saturated carbocycles. The lowest BCUT2D eigenvalue weighted by atomic mass is 10.2. The first-order valence-electron chi connectivity index (χ1n) is 4.38. The van der Waals surface area contributed by atoms with E-state index in [2.05, 4.69) is 4.72 Å². The molecule has 84 valence electrons. The zero-order valence-electron chi connectivity index (χ0n) is 8.05. The predicted octanol–water partition coefficient (Wildman–Crippen LogP) is -0.0871. The molecule has 0 atom stereocenters. The second-order valence-corrected chi connectivity index (χ2v) is 4.84. The molecule has 0 heterocycles. The van der Waals surface area contributed by atoms with E-state index >= 15 is 0 Å². The van der Waals surface area contributed by atoms with Crippen LogP contribution in [0.15, 0.2) is 24.3 Å². The van der Waals surface area contributed by atoms with E-state index in [1.54, 1.807) is 24.3 Å². The summed E-state index contributed by atoms with van der Waals surface area (Å²) in [5.41, 5.74) is 1.13. The van der Waals surface area contributed by atoms with Crippen molar-refractivity contribution in [3.8, 4) is 0 Å². The number of nitrogens with one attached hydrogen (secondary N) is 1. The lowest BCUT2D eigenvalue weighted by molar-refractivity contribution is 0.282. The Morgan fingerprint density at radius 1 is 1.13 bits per heavy atom. The minimum Gasteiger partial charge on any atom is -0.395 e. The number of rotatable bonds is 5. The summed E-state index contributed by atoms with van der Waals surface area (Å²) in [5.74, 6) is -0.325. The van der Waals surface area contributed by atoms with Crippen molar-refractivity contribution >= 4 is 15.7 Å². The van der Waals surface area contributed by atoms with Crippen LogP contribution in [-0.2, 0) is 16.6 Å². The van der Waals surface area contributed by atoms with E-state index < -0.39 is 16.6 Å². The highest BCUT2D eigenvalue weighted by Crippen LogP contribution is 2.11. The van der Waals surface area contributed by atoms with E-state index in [-0.39, 0.29) is 12.4 Å². The molecule has 1 rings (SSSR count). The van der Waals surface area contributed by atoms with Crippen LogP contribution < -0.4 is 4.72 Å². The van der Waals surface area contributed by atoms with E-state index in [0.717, 1.165) is 0 Å². The van der Waals surface area contributed by atoms with Gasteiger partial charge in [0.25, 0.3) is 0 Å². The normalized spacial score (nSPS) is 11.3. The molecule has 1 aromatic carbocycles. The van der Waals surface area contributed by atoms with Gasteiger partial charge in [0, 0.05) is 5.69 Å². The van der Waals surface area contributed by atoms with Crippen LogP contribution in [0.3, 0.4) is 0 Å². The van der Waals surface area contributed by atoms with Crippen LogP contribution in [0.25, 0.3) is 0 Å². The number of hydrogen-bond acceptors (Lipinski definition) is 4. The monoisotopic (exact) mass is 231 g/mol. The van der Waals surface area contributed by atoms with Gasteiger partial charge in [-0.3, -0.25) is 4.72 Å². The van der Waals surface area contributed by atoms with Crippen LogP contribution in [0.4, 0.5) is 5.69 Å². The smallest absolute Gasteiger partial charge is 0.234 e. The van der Waals surface area contributed by atoms with Crippen LogP contribution in [-0.4, -0.2) is 31.0 Å². The number of hydrogen-bond donors (Lipinski definition) is 3. The van der Waals surface area contributed by atoms with Crippen molar-refractivity contribution in [3.63, 3.8) is 0 Å². The summed E-state index contributed by atoms with van der Waals surface area (Å²) < 4.78 is 24.8. The highest BCUT2D eigenvalue weighted by Gasteiger charge is 2.08. The molecule has 15 heavy (non-hydrogen) atoms. The maximum atomic E-state index is 11.2. The quantitative estimate of drug-likeness (QED) is 0.661. The molecule has 0 aromatic heterocycles. The number of sulfonamides is 1. The Morgan fingerprint density at radius 2 is 1.73 bits per heavy atom. The van der Waals surface area contributed by atoms with Gasteiger partial charge in [0.15, 0.2) is 0 Å². The van der Waals surface area contributed by atoms with Crippen LogP contribution >= 0.6 is 0 Å². The molecule has 0 unspecified atom stereocenters. The van der Waals surface area contributed by atoms with Crippen LogP contribution in [0.5, 0.6) is 0 Å². The largest absolute Gasteiger partial charge is 0.395 e. The molecule has 0 bridgehead atoms. The first-order valence-corrected chi connectivity index (χ1v) is 6.04. The van der Waals surface area contributed by atoms with Gasteiger partial charge in [0.05, 0.1) is 19.0 Å². The van der Waals surface area contributed by atoms with Gasteiger partial charge in [-0.05, 0) is 17.7 Å². The van der Waals surface area contributed by atoms with Crippen molar-refractivity contribution in [3.05, 3.63) is 29.8 Å². The Labute approximate surface area is 88.4 Å². The molecule has 1 aromatic rings. The zero-order valence-corrected chi connectivity index (χ0v) is 8.87. The summed E-state index contributed by atoms with van der Waals surface area (Å²) in [6.07, 6.45) is 0. The fraction of sp³-hybridized carbons (Fsp3) is 0.333. The van der Waals surface area contributed by atoms with Crippen molar-refractivity contribution < 1.29 is 18.6 Å². The highest BCUT2D eigenvalue weighted by atomic mass is 32.2. The third-order valence-electron chi connectivity index (χ3n) is 1.77. The van der Waals surface area contributed by atoms with E-state index in [4.69, 9.17) is 10.2 Å². The zero-order chi connectivity index (χ0) is 11.3. The minimum absolute atomic E-state index is 0.0797. The average molecular weight is 231 g/mol. The maximum Gasteiger partial charge on any atom is 0.234 e. The predicted molar refractivity (Wildman–Crippen MR) is 56.9 cm³/mol. The lowest BCUT2D eigenvalue weighted by Crippen LogP contribution is -2.18. The van der Waals surface area contributed by atoms with E-state index in [1.807, 2.05) is 0 Å². The molecule has 0 amide bonds. The van der Waals surface area contributed by atoms with Crippen molar-refractivity contribution in [2.75, 3.05) is 17.1 Å². The Morgan fingerprint density at radius 3 is 2.20 bits per heavy atom.